The van der Waals surface area contributed by atoms with Crippen LogP contribution in [0.15, 0.2) is 76.1 Å². The summed E-state index contributed by atoms with van der Waals surface area (Å²) >= 11 is 3.34. The zero-order valence-electron chi connectivity index (χ0n) is 15.8. The molecule has 0 aliphatic carbocycles. The van der Waals surface area contributed by atoms with Gasteiger partial charge in [0.2, 0.25) is 0 Å². The average Bonchev–Trinajstić information content (AvgIpc) is 2.74. The van der Waals surface area contributed by atoms with E-state index in [1.807, 2.05) is 6.07 Å². The van der Waals surface area contributed by atoms with E-state index in [0.717, 1.165) is 28.6 Å². The van der Waals surface area contributed by atoms with Gasteiger partial charge in [-0.3, -0.25) is 9.10 Å². The molecule has 0 atom stereocenters. The Morgan fingerprint density at radius 2 is 1.70 bits per heavy atom. The highest BCUT2D eigenvalue weighted by Crippen LogP contribution is 2.34. The number of fused-ring (bicyclic) bond motifs is 1. The molecule has 0 spiro atoms. The highest BCUT2D eigenvalue weighted by Gasteiger charge is 2.29. The number of hydrogen-bond acceptors (Lipinski definition) is 3. The Morgan fingerprint density at radius 3 is 2.40 bits per heavy atom. The van der Waals surface area contributed by atoms with Crippen molar-refractivity contribution in [1.82, 2.24) is 0 Å². The lowest BCUT2D eigenvalue weighted by Crippen LogP contribution is -2.35. The minimum absolute atomic E-state index is 0.0288. The molecule has 1 heterocycles. The van der Waals surface area contributed by atoms with Gasteiger partial charge in [-0.2, -0.15) is 0 Å². The van der Waals surface area contributed by atoms with Crippen LogP contribution in [0.25, 0.3) is 0 Å². The molecule has 1 N–H and O–H groups in total. The smallest absolute Gasteiger partial charge is 0.264 e. The number of halogens is 2. The van der Waals surface area contributed by atoms with Crippen LogP contribution in [-0.2, 0) is 16.4 Å². The fourth-order valence-electron chi connectivity index (χ4n) is 3.41. The van der Waals surface area contributed by atoms with Gasteiger partial charge >= 0.3 is 0 Å². The quantitative estimate of drug-likeness (QED) is 0.562. The molecule has 154 valence electrons. The summed E-state index contributed by atoms with van der Waals surface area (Å²) in [4.78, 5) is 12.6. The molecule has 0 aromatic heterocycles. The highest BCUT2D eigenvalue weighted by molar-refractivity contribution is 9.10. The van der Waals surface area contributed by atoms with Crippen molar-refractivity contribution in [2.45, 2.75) is 17.7 Å². The number of aryl methyl sites for hydroxylation is 1. The first-order chi connectivity index (χ1) is 14.3. The Labute approximate surface area is 182 Å². The predicted molar refractivity (Wildman–Crippen MR) is 118 cm³/mol. The Kier molecular flexibility index (Phi) is 5.62. The third kappa shape index (κ3) is 4.11. The largest absolute Gasteiger partial charge is 0.322 e. The number of rotatable bonds is 4. The van der Waals surface area contributed by atoms with E-state index in [4.69, 9.17) is 0 Å². The second kappa shape index (κ2) is 8.20. The van der Waals surface area contributed by atoms with Crippen molar-refractivity contribution in [2.24, 2.45) is 0 Å². The summed E-state index contributed by atoms with van der Waals surface area (Å²) in [6.45, 7) is 0.316. The maximum Gasteiger partial charge on any atom is 0.264 e. The second-order valence-corrected chi connectivity index (χ2v) is 9.72. The Hall–Kier alpha value is -2.71. The SMILES string of the molecule is O=C(Nc1ccc2c(c1)N(S(=O)(=O)c1ccc(F)cc1)CCC2)c1ccc(Br)cc1. The molecule has 0 fully saturated rings. The fourth-order valence-corrected chi connectivity index (χ4v) is 5.20. The van der Waals surface area contributed by atoms with Gasteiger partial charge in [0.05, 0.1) is 10.6 Å². The molecule has 3 aromatic rings. The number of amides is 1. The van der Waals surface area contributed by atoms with Gasteiger partial charge in [0, 0.05) is 22.3 Å². The molecular formula is C22H18BrFN2O3S. The molecule has 0 radical (unpaired) electrons. The summed E-state index contributed by atoms with van der Waals surface area (Å²) in [5.74, 6) is -0.780. The van der Waals surface area contributed by atoms with Crippen LogP contribution in [0.1, 0.15) is 22.3 Å². The highest BCUT2D eigenvalue weighted by atomic mass is 79.9. The number of anilines is 2. The Balaban J connectivity index is 1.65. The minimum Gasteiger partial charge on any atom is -0.322 e. The first-order valence-corrected chi connectivity index (χ1v) is 11.6. The van der Waals surface area contributed by atoms with E-state index in [0.29, 0.717) is 29.9 Å². The van der Waals surface area contributed by atoms with Crippen molar-refractivity contribution in [3.63, 3.8) is 0 Å². The van der Waals surface area contributed by atoms with Gasteiger partial charge < -0.3 is 5.32 Å². The van der Waals surface area contributed by atoms with E-state index in [9.17, 15) is 17.6 Å². The summed E-state index contributed by atoms with van der Waals surface area (Å²) in [5.41, 5.74) is 2.40. The number of sulfonamides is 1. The molecule has 1 aliphatic heterocycles. The summed E-state index contributed by atoms with van der Waals surface area (Å²) in [7, 11) is -3.85. The van der Waals surface area contributed by atoms with Crippen molar-refractivity contribution < 1.29 is 17.6 Å². The minimum atomic E-state index is -3.85. The van der Waals surface area contributed by atoms with Crippen LogP contribution in [0.2, 0.25) is 0 Å². The molecule has 8 heteroatoms. The van der Waals surface area contributed by atoms with E-state index in [1.165, 1.54) is 16.4 Å². The van der Waals surface area contributed by atoms with Gasteiger partial charge in [0.25, 0.3) is 15.9 Å². The van der Waals surface area contributed by atoms with E-state index in [1.54, 1.807) is 36.4 Å². The molecular weight excluding hydrogens is 471 g/mol. The molecule has 5 nitrogen and oxygen atoms in total. The Bertz CT molecular complexity index is 1200. The maximum atomic E-state index is 13.2. The van der Waals surface area contributed by atoms with Crippen LogP contribution in [0, 0.1) is 5.82 Å². The topological polar surface area (TPSA) is 66.5 Å². The van der Waals surface area contributed by atoms with Crippen LogP contribution in [0.5, 0.6) is 0 Å². The molecule has 0 saturated heterocycles. The lowest BCUT2D eigenvalue weighted by Gasteiger charge is -2.31. The molecule has 4 rings (SSSR count). The fraction of sp³-hybridized carbons (Fsp3) is 0.136. The van der Waals surface area contributed by atoms with Gasteiger partial charge in [-0.25, -0.2) is 12.8 Å². The van der Waals surface area contributed by atoms with Crippen molar-refractivity contribution >= 4 is 43.2 Å². The zero-order valence-corrected chi connectivity index (χ0v) is 18.2. The van der Waals surface area contributed by atoms with Crippen LogP contribution in [0.3, 0.4) is 0 Å². The monoisotopic (exact) mass is 488 g/mol. The summed E-state index contributed by atoms with van der Waals surface area (Å²) in [6, 6.07) is 17.0. The van der Waals surface area contributed by atoms with Crippen LogP contribution in [0.4, 0.5) is 15.8 Å². The van der Waals surface area contributed by atoms with Crippen LogP contribution in [-0.4, -0.2) is 20.9 Å². The summed E-state index contributed by atoms with van der Waals surface area (Å²) < 4.78 is 41.8. The van der Waals surface area contributed by atoms with Gasteiger partial charge in [0.15, 0.2) is 0 Å². The lowest BCUT2D eigenvalue weighted by atomic mass is 10.0. The van der Waals surface area contributed by atoms with Crippen molar-refractivity contribution in [2.75, 3.05) is 16.2 Å². The number of hydrogen-bond donors (Lipinski definition) is 1. The first kappa shape index (κ1) is 20.6. The number of carbonyl (C=O) groups excluding carboxylic acids is 1. The number of nitrogens with zero attached hydrogens (tertiary/aromatic N) is 1. The predicted octanol–water partition coefficient (Wildman–Crippen LogP) is 4.98. The van der Waals surface area contributed by atoms with Crippen molar-refractivity contribution in [1.29, 1.82) is 0 Å². The molecule has 0 unspecified atom stereocenters. The summed E-state index contributed by atoms with van der Waals surface area (Å²) in [6.07, 6.45) is 1.42. The van der Waals surface area contributed by atoms with E-state index in [-0.39, 0.29) is 10.8 Å². The second-order valence-electron chi connectivity index (χ2n) is 6.94. The average molecular weight is 489 g/mol. The molecule has 3 aromatic carbocycles. The van der Waals surface area contributed by atoms with E-state index >= 15 is 0 Å². The third-order valence-corrected chi connectivity index (χ3v) is 7.28. The van der Waals surface area contributed by atoms with Gasteiger partial charge in [-0.05, 0) is 79.1 Å². The lowest BCUT2D eigenvalue weighted by molar-refractivity contribution is 0.102. The molecule has 1 amide bonds. The van der Waals surface area contributed by atoms with Gasteiger partial charge in [0.1, 0.15) is 5.82 Å². The van der Waals surface area contributed by atoms with Crippen LogP contribution < -0.4 is 9.62 Å². The Morgan fingerprint density at radius 1 is 1.00 bits per heavy atom. The van der Waals surface area contributed by atoms with Crippen molar-refractivity contribution in [3.05, 3.63) is 88.1 Å². The standard InChI is InChI=1S/C22H18BrFN2O3S/c23-17-6-3-16(4-7-17)22(27)25-19-10-5-15-2-1-13-26(21(15)14-19)30(28,29)20-11-8-18(24)9-12-20/h3-12,14H,1-2,13H2,(H,25,27). The molecule has 0 bridgehead atoms. The maximum absolute atomic E-state index is 13.2. The molecule has 0 saturated carbocycles. The zero-order chi connectivity index (χ0) is 21.3. The number of nitrogens with one attached hydrogen (secondary N) is 1. The number of carbonyl (C=O) groups is 1. The van der Waals surface area contributed by atoms with Crippen LogP contribution >= 0.6 is 15.9 Å². The normalized spacial score (nSPS) is 13.6. The van der Waals surface area contributed by atoms with E-state index in [2.05, 4.69) is 21.2 Å². The van der Waals surface area contributed by atoms with Gasteiger partial charge in [-0.15, -0.1) is 0 Å². The van der Waals surface area contributed by atoms with Gasteiger partial charge in [-0.1, -0.05) is 22.0 Å². The molecule has 30 heavy (non-hydrogen) atoms. The third-order valence-electron chi connectivity index (χ3n) is 4.93. The first-order valence-electron chi connectivity index (χ1n) is 9.33. The number of benzene rings is 3. The summed E-state index contributed by atoms with van der Waals surface area (Å²) in [5, 5.41) is 2.82. The van der Waals surface area contributed by atoms with Crippen molar-refractivity contribution in [3.8, 4) is 0 Å². The molecule has 1 aliphatic rings. The van der Waals surface area contributed by atoms with E-state index < -0.39 is 15.8 Å².